The first-order valence-corrected chi connectivity index (χ1v) is 14.1. The lowest BCUT2D eigenvalue weighted by atomic mass is 10.1. The molecule has 0 spiro atoms. The molecule has 2 N–H and O–H groups in total. The van der Waals surface area contributed by atoms with Gasteiger partial charge in [-0.25, -0.2) is 8.42 Å². The van der Waals surface area contributed by atoms with Crippen molar-refractivity contribution in [3.8, 4) is 17.2 Å². The summed E-state index contributed by atoms with van der Waals surface area (Å²) in [5.41, 5.74) is -0.452. The van der Waals surface area contributed by atoms with Crippen LogP contribution >= 0.6 is 11.8 Å². The summed E-state index contributed by atoms with van der Waals surface area (Å²) in [4.78, 5) is 14.3. The highest BCUT2D eigenvalue weighted by atomic mass is 32.2. The Labute approximate surface area is 227 Å². The highest BCUT2D eigenvalue weighted by Crippen LogP contribution is 2.44. The zero-order valence-electron chi connectivity index (χ0n) is 21.0. The molecule has 1 aliphatic rings. The van der Waals surface area contributed by atoms with E-state index in [2.05, 4.69) is 10.6 Å². The molecule has 2 unspecified atom stereocenters. The van der Waals surface area contributed by atoms with Gasteiger partial charge in [-0.05, 0) is 42.5 Å². The number of rotatable bonds is 9. The Morgan fingerprint density at radius 1 is 1.03 bits per heavy atom. The second-order valence-electron chi connectivity index (χ2n) is 8.35. The summed E-state index contributed by atoms with van der Waals surface area (Å²) in [5.74, 6) is 0.347. The first-order valence-electron chi connectivity index (χ1n) is 11.6. The van der Waals surface area contributed by atoms with Crippen molar-refractivity contribution in [2.24, 2.45) is 0 Å². The van der Waals surface area contributed by atoms with E-state index in [1.165, 1.54) is 57.2 Å². The first kappa shape index (κ1) is 28.4. The summed E-state index contributed by atoms with van der Waals surface area (Å²) in [6, 6.07) is 13.1. The van der Waals surface area contributed by atoms with E-state index in [0.717, 1.165) is 29.2 Å². The van der Waals surface area contributed by atoms with E-state index in [1.807, 2.05) is 0 Å². The van der Waals surface area contributed by atoms with Gasteiger partial charge in [0.05, 0.1) is 36.1 Å². The number of carbonyl (C=O) groups excluding carboxylic acids is 1. The summed E-state index contributed by atoms with van der Waals surface area (Å²) in [7, 11) is -0.465. The number of amides is 1. The van der Waals surface area contributed by atoms with Crippen molar-refractivity contribution in [1.82, 2.24) is 5.32 Å². The van der Waals surface area contributed by atoms with Gasteiger partial charge >= 0.3 is 6.18 Å². The van der Waals surface area contributed by atoms with Crippen LogP contribution in [0.15, 0.2) is 70.5 Å². The molecule has 3 aromatic carbocycles. The number of sulfone groups is 1. The average molecular weight is 583 g/mol. The van der Waals surface area contributed by atoms with Crippen molar-refractivity contribution in [1.29, 1.82) is 0 Å². The van der Waals surface area contributed by atoms with Crippen LogP contribution in [0.1, 0.15) is 24.2 Å². The van der Waals surface area contributed by atoms with E-state index in [4.69, 9.17) is 14.2 Å². The van der Waals surface area contributed by atoms with Crippen LogP contribution in [0.2, 0.25) is 0 Å². The summed E-state index contributed by atoms with van der Waals surface area (Å²) < 4.78 is 79.9. The van der Waals surface area contributed by atoms with Crippen LogP contribution in [0.25, 0.3) is 0 Å². The Hall–Kier alpha value is -3.58. The molecule has 13 heteroatoms. The van der Waals surface area contributed by atoms with Crippen LogP contribution in [0, 0.1) is 0 Å². The summed E-state index contributed by atoms with van der Waals surface area (Å²) in [6.45, 7) is 1.52. The minimum absolute atomic E-state index is 0.0261. The average Bonchev–Trinajstić information content (AvgIpc) is 3.31. The quantitative estimate of drug-likeness (QED) is 0.353. The predicted octanol–water partition coefficient (Wildman–Crippen LogP) is 5.25. The molecule has 0 saturated heterocycles. The molecule has 1 heterocycles. The van der Waals surface area contributed by atoms with Crippen molar-refractivity contribution >= 4 is 33.2 Å². The van der Waals surface area contributed by atoms with E-state index in [0.29, 0.717) is 22.7 Å². The summed E-state index contributed by atoms with van der Waals surface area (Å²) in [6.07, 6.45) is -5.82. The number of carbonyl (C=O) groups is 1. The number of hydrogen-bond donors (Lipinski definition) is 2. The smallest absolute Gasteiger partial charge is 0.416 e. The molecule has 8 nitrogen and oxygen atoms in total. The number of hydrogen-bond acceptors (Lipinski definition) is 8. The Morgan fingerprint density at radius 2 is 1.64 bits per heavy atom. The number of fused-ring (bicyclic) bond motifs is 1. The van der Waals surface area contributed by atoms with Gasteiger partial charge in [0.15, 0.2) is 26.8 Å². The van der Waals surface area contributed by atoms with Crippen molar-refractivity contribution in [2.75, 3.05) is 25.3 Å². The standard InChI is InChI=1S/C26H25F3N2O6S2/c1-4-39(33,34)18-11-5-15(6-12-18)23(37-17-9-7-16(8-10-17)26(27,28)29)24(32)31-25-30-19-13-20(35-2)21(36-3)14-22(19)38-25/h5-14,23,25,30H,4H2,1-3H3,(H,31,32). The summed E-state index contributed by atoms with van der Waals surface area (Å²) >= 11 is 1.31. The van der Waals surface area contributed by atoms with Gasteiger partial charge in [-0.2, -0.15) is 13.2 Å². The largest absolute Gasteiger partial charge is 0.493 e. The van der Waals surface area contributed by atoms with Gasteiger partial charge in [0.2, 0.25) is 6.10 Å². The van der Waals surface area contributed by atoms with E-state index >= 15 is 0 Å². The molecule has 0 bridgehead atoms. The molecule has 0 saturated carbocycles. The molecule has 3 aromatic rings. The van der Waals surface area contributed by atoms with Crippen molar-refractivity contribution in [3.63, 3.8) is 0 Å². The third-order valence-electron chi connectivity index (χ3n) is 5.89. The van der Waals surface area contributed by atoms with Gasteiger partial charge < -0.3 is 24.8 Å². The minimum atomic E-state index is -4.53. The Kier molecular flexibility index (Phi) is 8.21. The Morgan fingerprint density at radius 3 is 2.21 bits per heavy atom. The lowest BCUT2D eigenvalue weighted by Crippen LogP contribution is -2.40. The van der Waals surface area contributed by atoms with Gasteiger partial charge in [-0.1, -0.05) is 30.8 Å². The number of halogens is 3. The van der Waals surface area contributed by atoms with Crippen LogP contribution in [-0.2, 0) is 20.8 Å². The van der Waals surface area contributed by atoms with E-state index in [9.17, 15) is 26.4 Å². The fourth-order valence-electron chi connectivity index (χ4n) is 3.79. The maximum atomic E-state index is 13.4. The molecule has 0 aliphatic carbocycles. The van der Waals surface area contributed by atoms with Crippen LogP contribution in [0.3, 0.4) is 0 Å². The molecule has 39 heavy (non-hydrogen) atoms. The third-order valence-corrected chi connectivity index (χ3v) is 8.70. The van der Waals surface area contributed by atoms with Crippen LogP contribution in [-0.4, -0.2) is 39.8 Å². The molecule has 4 rings (SSSR count). The van der Waals surface area contributed by atoms with Crippen molar-refractivity contribution < 1.29 is 40.6 Å². The third kappa shape index (κ3) is 6.36. The van der Waals surface area contributed by atoms with E-state index in [-0.39, 0.29) is 16.4 Å². The van der Waals surface area contributed by atoms with E-state index < -0.39 is 39.1 Å². The summed E-state index contributed by atoms with van der Waals surface area (Å²) in [5, 5.41) is 5.98. The van der Waals surface area contributed by atoms with Gasteiger partial charge in [0.25, 0.3) is 5.91 Å². The lowest BCUT2D eigenvalue weighted by Gasteiger charge is -2.22. The molecule has 2 atom stereocenters. The van der Waals surface area contributed by atoms with Crippen LogP contribution < -0.4 is 24.8 Å². The normalized spacial score (nSPS) is 15.6. The second kappa shape index (κ2) is 11.3. The second-order valence-corrected chi connectivity index (χ2v) is 11.8. The zero-order chi connectivity index (χ0) is 28.4. The highest BCUT2D eigenvalue weighted by molar-refractivity contribution is 8.00. The number of benzene rings is 3. The Bertz CT molecular complexity index is 1410. The minimum Gasteiger partial charge on any atom is -0.493 e. The number of anilines is 1. The first-order chi connectivity index (χ1) is 18.4. The fraction of sp³-hybridized carbons (Fsp3) is 0.269. The zero-order valence-corrected chi connectivity index (χ0v) is 22.7. The van der Waals surface area contributed by atoms with Gasteiger partial charge in [-0.3, -0.25) is 4.79 Å². The Balaban J connectivity index is 1.58. The molecule has 208 valence electrons. The monoisotopic (exact) mass is 582 g/mol. The highest BCUT2D eigenvalue weighted by Gasteiger charge is 2.32. The van der Waals surface area contributed by atoms with Gasteiger partial charge in [0, 0.05) is 16.5 Å². The molecular formula is C26H25F3N2O6S2. The SMILES string of the molecule is CCS(=O)(=O)c1ccc(C(Oc2ccc(C(F)(F)F)cc2)C(=O)NC2Nc3cc(OC)c(OC)cc3S2)cc1. The maximum absolute atomic E-state index is 13.4. The molecule has 0 aromatic heterocycles. The van der Waals surface area contributed by atoms with Crippen LogP contribution in [0.5, 0.6) is 17.2 Å². The molecule has 0 fully saturated rings. The molecule has 0 radical (unpaired) electrons. The fourth-order valence-corrected chi connectivity index (χ4v) is 5.71. The van der Waals surface area contributed by atoms with Crippen LogP contribution in [0.4, 0.5) is 18.9 Å². The van der Waals surface area contributed by atoms with Gasteiger partial charge in [-0.15, -0.1) is 0 Å². The lowest BCUT2D eigenvalue weighted by molar-refractivity contribution is -0.137. The predicted molar refractivity (Wildman–Crippen MR) is 140 cm³/mol. The van der Waals surface area contributed by atoms with Crippen molar-refractivity contribution in [2.45, 2.75) is 34.5 Å². The van der Waals surface area contributed by atoms with Crippen molar-refractivity contribution in [3.05, 3.63) is 71.8 Å². The molecule has 1 amide bonds. The maximum Gasteiger partial charge on any atom is 0.416 e. The molecular weight excluding hydrogens is 557 g/mol. The topological polar surface area (TPSA) is 103 Å². The molecule has 1 aliphatic heterocycles. The number of ether oxygens (including phenoxy) is 3. The van der Waals surface area contributed by atoms with E-state index in [1.54, 1.807) is 12.1 Å². The number of thioether (sulfide) groups is 1. The van der Waals surface area contributed by atoms with Gasteiger partial charge in [0.1, 0.15) is 5.75 Å². The number of methoxy groups -OCH3 is 2. The number of nitrogens with one attached hydrogen (secondary N) is 2. The number of alkyl halides is 3.